The predicted octanol–water partition coefficient (Wildman–Crippen LogP) is 2.76. The SMILES string of the molecule is O=C([C@@H]1CCC(=O)N1c1cc(F)c(-c2noc(C(F)(F)F)n2)cc1F)N1CCC1. The quantitative estimate of drug-likeness (QED) is 0.719. The van der Waals surface area contributed by atoms with Gasteiger partial charge in [0, 0.05) is 25.6 Å². The molecule has 0 bridgehead atoms. The van der Waals surface area contributed by atoms with E-state index in [0.717, 1.165) is 11.3 Å². The van der Waals surface area contributed by atoms with Crippen molar-refractivity contribution >= 4 is 17.5 Å². The average molecular weight is 416 g/mol. The Morgan fingerprint density at radius 1 is 1.17 bits per heavy atom. The molecule has 2 fully saturated rings. The fraction of sp³-hybridized carbons (Fsp3) is 0.412. The van der Waals surface area contributed by atoms with Gasteiger partial charge in [0.25, 0.3) is 0 Å². The zero-order chi connectivity index (χ0) is 20.9. The van der Waals surface area contributed by atoms with Crippen molar-refractivity contribution in [3.63, 3.8) is 0 Å². The summed E-state index contributed by atoms with van der Waals surface area (Å²) in [5, 5.41) is 3.03. The number of nitrogens with zero attached hydrogens (tertiary/aromatic N) is 4. The number of halogens is 5. The van der Waals surface area contributed by atoms with Gasteiger partial charge in [-0.1, -0.05) is 5.16 Å². The van der Waals surface area contributed by atoms with E-state index in [1.807, 2.05) is 0 Å². The number of hydrogen-bond donors (Lipinski definition) is 0. The second-order valence-corrected chi connectivity index (χ2v) is 6.70. The van der Waals surface area contributed by atoms with Crippen LogP contribution in [-0.2, 0) is 15.8 Å². The van der Waals surface area contributed by atoms with Crippen molar-refractivity contribution in [1.29, 1.82) is 0 Å². The zero-order valence-corrected chi connectivity index (χ0v) is 14.7. The molecule has 12 heteroatoms. The maximum atomic E-state index is 14.7. The normalized spacial score (nSPS) is 19.6. The van der Waals surface area contributed by atoms with E-state index in [2.05, 4.69) is 14.7 Å². The third-order valence-corrected chi connectivity index (χ3v) is 4.87. The number of benzene rings is 1. The smallest absolute Gasteiger partial charge is 0.341 e. The molecule has 0 spiro atoms. The van der Waals surface area contributed by atoms with E-state index in [4.69, 9.17) is 0 Å². The molecule has 4 rings (SSSR count). The van der Waals surface area contributed by atoms with E-state index in [1.54, 1.807) is 0 Å². The molecule has 154 valence electrons. The van der Waals surface area contributed by atoms with Crippen LogP contribution in [0.1, 0.15) is 25.2 Å². The van der Waals surface area contributed by atoms with E-state index in [9.17, 15) is 31.5 Å². The zero-order valence-electron chi connectivity index (χ0n) is 14.7. The molecule has 0 saturated carbocycles. The topological polar surface area (TPSA) is 79.5 Å². The number of carbonyl (C=O) groups is 2. The van der Waals surface area contributed by atoms with Crippen LogP contribution in [0.3, 0.4) is 0 Å². The van der Waals surface area contributed by atoms with Crippen LogP contribution < -0.4 is 4.90 Å². The molecule has 0 unspecified atom stereocenters. The Labute approximate surface area is 160 Å². The fourth-order valence-electron chi connectivity index (χ4n) is 3.31. The van der Waals surface area contributed by atoms with Gasteiger partial charge >= 0.3 is 12.1 Å². The summed E-state index contributed by atoms with van der Waals surface area (Å²) in [6, 6.07) is 0.268. The van der Waals surface area contributed by atoms with Gasteiger partial charge in [0.1, 0.15) is 17.7 Å². The summed E-state index contributed by atoms with van der Waals surface area (Å²) >= 11 is 0. The molecule has 3 heterocycles. The first-order chi connectivity index (χ1) is 13.7. The van der Waals surface area contributed by atoms with Gasteiger partial charge in [-0.25, -0.2) is 8.78 Å². The molecule has 2 amide bonds. The summed E-state index contributed by atoms with van der Waals surface area (Å²) in [4.78, 5) is 30.2. The van der Waals surface area contributed by atoms with Gasteiger partial charge in [0.15, 0.2) is 0 Å². The molecule has 2 saturated heterocycles. The van der Waals surface area contributed by atoms with E-state index in [1.165, 1.54) is 4.90 Å². The van der Waals surface area contributed by atoms with Crippen molar-refractivity contribution in [2.75, 3.05) is 18.0 Å². The Hall–Kier alpha value is -3.05. The number of alkyl halides is 3. The third-order valence-electron chi connectivity index (χ3n) is 4.87. The second-order valence-electron chi connectivity index (χ2n) is 6.70. The highest BCUT2D eigenvalue weighted by atomic mass is 19.4. The first-order valence-corrected chi connectivity index (χ1v) is 8.68. The van der Waals surface area contributed by atoms with Crippen LogP contribution in [0, 0.1) is 11.6 Å². The van der Waals surface area contributed by atoms with Crippen LogP contribution in [0.25, 0.3) is 11.4 Å². The van der Waals surface area contributed by atoms with E-state index in [-0.39, 0.29) is 18.7 Å². The van der Waals surface area contributed by atoms with Gasteiger partial charge in [-0.05, 0) is 18.9 Å². The molecule has 7 nitrogen and oxygen atoms in total. The lowest BCUT2D eigenvalue weighted by molar-refractivity contribution is -0.159. The molecule has 2 aromatic rings. The summed E-state index contributed by atoms with van der Waals surface area (Å²) in [5.74, 6) is -5.65. The molecular weight excluding hydrogens is 403 g/mol. The van der Waals surface area contributed by atoms with Crippen molar-refractivity contribution in [2.45, 2.75) is 31.5 Å². The minimum Gasteiger partial charge on any atom is -0.341 e. The number of hydrogen-bond acceptors (Lipinski definition) is 5. The number of anilines is 1. The summed E-state index contributed by atoms with van der Waals surface area (Å²) < 4.78 is 71.1. The number of aromatic nitrogens is 2. The van der Waals surface area contributed by atoms with Crippen LogP contribution in [0.5, 0.6) is 0 Å². The molecule has 0 N–H and O–H groups in total. The molecule has 1 aromatic heterocycles. The maximum absolute atomic E-state index is 14.7. The van der Waals surface area contributed by atoms with E-state index < -0.39 is 52.7 Å². The van der Waals surface area contributed by atoms with Crippen molar-refractivity contribution in [3.05, 3.63) is 29.7 Å². The molecule has 1 aromatic carbocycles. The number of carbonyl (C=O) groups excluding carboxylic acids is 2. The van der Waals surface area contributed by atoms with Gasteiger partial charge in [-0.15, -0.1) is 0 Å². The highest BCUT2D eigenvalue weighted by molar-refractivity contribution is 6.04. The highest BCUT2D eigenvalue weighted by Gasteiger charge is 2.42. The Morgan fingerprint density at radius 2 is 1.90 bits per heavy atom. The van der Waals surface area contributed by atoms with Gasteiger partial charge in [-0.2, -0.15) is 18.2 Å². The largest absolute Gasteiger partial charge is 0.471 e. The van der Waals surface area contributed by atoms with Crippen molar-refractivity contribution < 1.29 is 36.1 Å². The Morgan fingerprint density at radius 3 is 2.48 bits per heavy atom. The minimum atomic E-state index is -4.94. The Bertz CT molecular complexity index is 986. The standard InChI is InChI=1S/C17H13F5N4O3/c18-9-7-12(26-11(2-3-13(26)27)15(28)25-4-1-5-25)10(19)6-8(9)14-23-16(29-24-14)17(20,21)22/h6-7,11H,1-5H2/t11-/m0/s1. The van der Waals surface area contributed by atoms with E-state index in [0.29, 0.717) is 25.2 Å². The average Bonchev–Trinajstić information content (AvgIpc) is 3.22. The molecule has 0 radical (unpaired) electrons. The summed E-state index contributed by atoms with van der Waals surface area (Å²) in [6.45, 7) is 1.07. The van der Waals surface area contributed by atoms with Crippen LogP contribution >= 0.6 is 0 Å². The second kappa shape index (κ2) is 6.78. The first-order valence-electron chi connectivity index (χ1n) is 8.68. The molecule has 1 atom stereocenters. The predicted molar refractivity (Wildman–Crippen MR) is 86.4 cm³/mol. The third kappa shape index (κ3) is 3.32. The lowest BCUT2D eigenvalue weighted by Crippen LogP contribution is -2.52. The minimum absolute atomic E-state index is 0.00710. The maximum Gasteiger partial charge on any atom is 0.471 e. The van der Waals surface area contributed by atoms with E-state index >= 15 is 0 Å². The number of likely N-dealkylation sites (tertiary alicyclic amines) is 1. The summed E-state index contributed by atoms with van der Waals surface area (Å²) in [6.07, 6.45) is -3.95. The van der Waals surface area contributed by atoms with Gasteiger partial charge < -0.3 is 9.42 Å². The Balaban J connectivity index is 1.68. The number of rotatable bonds is 3. The highest BCUT2D eigenvalue weighted by Crippen LogP contribution is 2.35. The number of amides is 2. The molecule has 0 aliphatic carbocycles. The van der Waals surface area contributed by atoms with Crippen molar-refractivity contribution in [1.82, 2.24) is 15.0 Å². The van der Waals surface area contributed by atoms with Crippen LogP contribution in [0.2, 0.25) is 0 Å². The van der Waals surface area contributed by atoms with Crippen LogP contribution in [0.15, 0.2) is 16.7 Å². The van der Waals surface area contributed by atoms with Crippen LogP contribution in [-0.4, -0.2) is 46.0 Å². The van der Waals surface area contributed by atoms with Gasteiger partial charge in [-0.3, -0.25) is 14.5 Å². The Kier molecular flexibility index (Phi) is 4.50. The van der Waals surface area contributed by atoms with Crippen molar-refractivity contribution in [3.8, 4) is 11.4 Å². The monoisotopic (exact) mass is 416 g/mol. The summed E-state index contributed by atoms with van der Waals surface area (Å²) in [5.41, 5.74) is -1.13. The summed E-state index contributed by atoms with van der Waals surface area (Å²) in [7, 11) is 0. The fourth-order valence-corrected chi connectivity index (χ4v) is 3.31. The van der Waals surface area contributed by atoms with Gasteiger partial charge in [0.2, 0.25) is 17.6 Å². The molecule has 2 aliphatic heterocycles. The molecular formula is C17H13F5N4O3. The lowest BCUT2D eigenvalue weighted by Gasteiger charge is -2.35. The molecule has 29 heavy (non-hydrogen) atoms. The van der Waals surface area contributed by atoms with Crippen molar-refractivity contribution in [2.24, 2.45) is 0 Å². The first kappa shape index (κ1) is 19.3. The van der Waals surface area contributed by atoms with Gasteiger partial charge in [0.05, 0.1) is 11.3 Å². The lowest BCUT2D eigenvalue weighted by atomic mass is 10.1. The van der Waals surface area contributed by atoms with Crippen LogP contribution in [0.4, 0.5) is 27.6 Å². The molecule has 2 aliphatic rings.